The molecule has 0 atom stereocenters. The maximum Gasteiger partial charge on any atom is 0.342 e. The van der Waals surface area contributed by atoms with Gasteiger partial charge in [-0.1, -0.05) is 11.6 Å². The summed E-state index contributed by atoms with van der Waals surface area (Å²) in [7, 11) is 0. The number of ether oxygens (including phenoxy) is 1. The van der Waals surface area contributed by atoms with Crippen molar-refractivity contribution in [3.8, 4) is 6.07 Å². The van der Waals surface area contributed by atoms with E-state index in [2.05, 4.69) is 10.1 Å². The van der Waals surface area contributed by atoms with Crippen LogP contribution in [0, 0.1) is 21.4 Å². The first kappa shape index (κ1) is 18.3. The van der Waals surface area contributed by atoms with Gasteiger partial charge < -0.3 is 4.74 Å². The summed E-state index contributed by atoms with van der Waals surface area (Å²) < 4.78 is 6.25. The van der Waals surface area contributed by atoms with Gasteiger partial charge in [-0.15, -0.1) is 0 Å². The molecule has 0 aliphatic heterocycles. The van der Waals surface area contributed by atoms with E-state index >= 15 is 0 Å². The van der Waals surface area contributed by atoms with Gasteiger partial charge in [0.05, 0.1) is 23.1 Å². The van der Waals surface area contributed by atoms with Crippen molar-refractivity contribution in [1.29, 1.82) is 5.26 Å². The Morgan fingerprint density at radius 1 is 1.44 bits per heavy atom. The fourth-order valence-corrected chi connectivity index (χ4v) is 2.79. The van der Waals surface area contributed by atoms with Crippen molar-refractivity contribution in [2.75, 3.05) is 6.61 Å². The lowest BCUT2D eigenvalue weighted by molar-refractivity contribution is -0.383. The number of hydrogen-bond acceptors (Lipinski definition) is 7. The first-order valence-electron chi connectivity index (χ1n) is 7.80. The van der Waals surface area contributed by atoms with Crippen molar-refractivity contribution >= 4 is 34.2 Å². The molecule has 1 aromatic carbocycles. The standard InChI is InChI=1S/C17H12ClN5O4/c1-2-27-17(24)13-9-22(21-14(13)6-19)8-10-3-11-5-12(18)7-20-16(11)15(4-10)23(25)26/h3-5,7,9H,2,8H2,1H3. The Hall–Kier alpha value is -3.51. The van der Waals surface area contributed by atoms with Crippen LogP contribution in [-0.4, -0.2) is 32.3 Å². The van der Waals surface area contributed by atoms with Crippen molar-refractivity contribution in [1.82, 2.24) is 14.8 Å². The Balaban J connectivity index is 2.03. The normalized spacial score (nSPS) is 10.6. The number of halogens is 1. The molecule has 0 unspecified atom stereocenters. The highest BCUT2D eigenvalue weighted by Gasteiger charge is 2.19. The number of fused-ring (bicyclic) bond motifs is 1. The average molecular weight is 386 g/mol. The highest BCUT2D eigenvalue weighted by molar-refractivity contribution is 6.31. The number of carbonyl (C=O) groups is 1. The summed E-state index contributed by atoms with van der Waals surface area (Å²) in [5.41, 5.74) is 0.560. The van der Waals surface area contributed by atoms with Gasteiger partial charge in [0.1, 0.15) is 17.1 Å². The second-order valence-electron chi connectivity index (χ2n) is 5.52. The molecule has 0 saturated carbocycles. The molecule has 136 valence electrons. The number of nitriles is 1. The number of esters is 1. The Morgan fingerprint density at radius 2 is 2.22 bits per heavy atom. The van der Waals surface area contributed by atoms with Gasteiger partial charge in [-0.3, -0.25) is 14.8 Å². The number of aromatic nitrogens is 3. The highest BCUT2D eigenvalue weighted by atomic mass is 35.5. The van der Waals surface area contributed by atoms with E-state index in [1.54, 1.807) is 19.1 Å². The first-order valence-corrected chi connectivity index (χ1v) is 8.18. The first-order chi connectivity index (χ1) is 12.9. The summed E-state index contributed by atoms with van der Waals surface area (Å²) in [6, 6.07) is 6.49. The third-order valence-corrected chi connectivity index (χ3v) is 3.90. The van der Waals surface area contributed by atoms with E-state index in [-0.39, 0.29) is 35.6 Å². The zero-order valence-corrected chi connectivity index (χ0v) is 14.8. The highest BCUT2D eigenvalue weighted by Crippen LogP contribution is 2.28. The van der Waals surface area contributed by atoms with Crippen molar-refractivity contribution in [3.05, 3.63) is 62.6 Å². The molecule has 0 amide bonds. The van der Waals surface area contributed by atoms with Gasteiger partial charge in [0.2, 0.25) is 0 Å². The molecule has 3 aromatic rings. The minimum atomic E-state index is -0.652. The van der Waals surface area contributed by atoms with E-state index < -0.39 is 10.9 Å². The van der Waals surface area contributed by atoms with Gasteiger partial charge in [-0.2, -0.15) is 10.4 Å². The van der Waals surface area contributed by atoms with E-state index in [9.17, 15) is 14.9 Å². The molecule has 0 N–H and O–H groups in total. The molecule has 0 spiro atoms. The Morgan fingerprint density at radius 3 is 2.89 bits per heavy atom. The van der Waals surface area contributed by atoms with Crippen molar-refractivity contribution in [3.63, 3.8) is 0 Å². The smallest absolute Gasteiger partial charge is 0.342 e. The Labute approximate surface area is 157 Å². The molecule has 9 nitrogen and oxygen atoms in total. The van der Waals surface area contributed by atoms with Crippen LogP contribution in [0.4, 0.5) is 5.69 Å². The molecule has 0 bridgehead atoms. The predicted molar refractivity (Wildman–Crippen MR) is 95.4 cm³/mol. The van der Waals surface area contributed by atoms with E-state index in [1.165, 1.54) is 23.1 Å². The van der Waals surface area contributed by atoms with Crippen LogP contribution in [0.1, 0.15) is 28.5 Å². The van der Waals surface area contributed by atoms with Gasteiger partial charge in [0.25, 0.3) is 5.69 Å². The molecule has 2 aromatic heterocycles. The van der Waals surface area contributed by atoms with Crippen LogP contribution in [0.2, 0.25) is 5.02 Å². The van der Waals surface area contributed by atoms with Crippen LogP contribution in [0.25, 0.3) is 10.9 Å². The third kappa shape index (κ3) is 3.70. The molecule has 0 fully saturated rings. The number of carbonyl (C=O) groups excluding carboxylic acids is 1. The topological polar surface area (TPSA) is 124 Å². The van der Waals surface area contributed by atoms with Gasteiger partial charge in [0, 0.05) is 23.8 Å². The van der Waals surface area contributed by atoms with Gasteiger partial charge >= 0.3 is 5.97 Å². The summed E-state index contributed by atoms with van der Waals surface area (Å²) in [5.74, 6) is -0.652. The average Bonchev–Trinajstić information content (AvgIpc) is 3.03. The maximum absolute atomic E-state index is 11.9. The van der Waals surface area contributed by atoms with Crippen LogP contribution in [0.3, 0.4) is 0 Å². The number of nitro groups is 1. The minimum absolute atomic E-state index is 0.0411. The lowest BCUT2D eigenvalue weighted by Crippen LogP contribution is -2.05. The largest absolute Gasteiger partial charge is 0.462 e. The Kier molecular flexibility index (Phi) is 5.00. The second-order valence-corrected chi connectivity index (χ2v) is 5.95. The summed E-state index contributed by atoms with van der Waals surface area (Å²) in [6.07, 6.45) is 2.72. The van der Waals surface area contributed by atoms with Crippen molar-refractivity contribution < 1.29 is 14.5 Å². The van der Waals surface area contributed by atoms with Crippen molar-refractivity contribution in [2.45, 2.75) is 13.5 Å². The predicted octanol–water partition coefficient (Wildman–Crippen LogP) is 3.09. The second kappa shape index (κ2) is 7.39. The zero-order valence-electron chi connectivity index (χ0n) is 14.0. The summed E-state index contributed by atoms with van der Waals surface area (Å²) in [4.78, 5) is 26.8. The number of non-ortho nitro benzene ring substituents is 1. The molecule has 3 rings (SSSR count). The molecule has 0 aliphatic carbocycles. The molecule has 10 heteroatoms. The summed E-state index contributed by atoms with van der Waals surface area (Å²) in [5, 5.41) is 25.4. The maximum atomic E-state index is 11.9. The third-order valence-electron chi connectivity index (χ3n) is 3.69. The number of nitro benzene ring substituents is 1. The molecule has 0 saturated heterocycles. The monoisotopic (exact) mass is 385 g/mol. The number of rotatable bonds is 5. The molecule has 0 radical (unpaired) electrons. The van der Waals surface area contributed by atoms with Crippen LogP contribution < -0.4 is 0 Å². The molecule has 2 heterocycles. The lowest BCUT2D eigenvalue weighted by atomic mass is 10.1. The quantitative estimate of drug-likeness (QED) is 0.375. The molecular formula is C17H12ClN5O4. The number of hydrogen-bond donors (Lipinski definition) is 0. The fraction of sp³-hybridized carbons (Fsp3) is 0.176. The molecule has 27 heavy (non-hydrogen) atoms. The van der Waals surface area contributed by atoms with Crippen LogP contribution in [0.5, 0.6) is 0 Å². The van der Waals surface area contributed by atoms with E-state index in [0.717, 1.165) is 0 Å². The van der Waals surface area contributed by atoms with Gasteiger partial charge in [-0.25, -0.2) is 9.78 Å². The van der Waals surface area contributed by atoms with Crippen LogP contribution >= 0.6 is 11.6 Å². The summed E-state index contributed by atoms with van der Waals surface area (Å²) >= 11 is 5.93. The molecular weight excluding hydrogens is 374 g/mol. The Bertz CT molecular complexity index is 1100. The summed E-state index contributed by atoms with van der Waals surface area (Å²) in [6.45, 7) is 1.93. The number of benzene rings is 1. The molecule has 0 aliphatic rings. The van der Waals surface area contributed by atoms with Crippen LogP contribution in [0.15, 0.2) is 30.6 Å². The van der Waals surface area contributed by atoms with Crippen LogP contribution in [-0.2, 0) is 11.3 Å². The SMILES string of the molecule is CCOC(=O)c1cn(Cc2cc([N+](=O)[O-])c3ncc(Cl)cc3c2)nc1C#N. The minimum Gasteiger partial charge on any atom is -0.462 e. The van der Waals surface area contributed by atoms with Crippen molar-refractivity contribution in [2.24, 2.45) is 0 Å². The van der Waals surface area contributed by atoms with Gasteiger partial charge in [0.15, 0.2) is 5.69 Å². The number of pyridine rings is 1. The van der Waals surface area contributed by atoms with E-state index in [1.807, 2.05) is 6.07 Å². The fourth-order valence-electron chi connectivity index (χ4n) is 2.63. The zero-order chi connectivity index (χ0) is 19.6. The number of nitrogens with zero attached hydrogens (tertiary/aromatic N) is 5. The van der Waals surface area contributed by atoms with E-state index in [0.29, 0.717) is 16.0 Å². The lowest BCUT2D eigenvalue weighted by Gasteiger charge is -2.05. The van der Waals surface area contributed by atoms with E-state index in [4.69, 9.17) is 21.6 Å². The van der Waals surface area contributed by atoms with Gasteiger partial charge in [-0.05, 0) is 24.6 Å².